The molecule has 0 bridgehead atoms. The lowest BCUT2D eigenvalue weighted by Gasteiger charge is -2.33. The molecule has 2 aliphatic rings. The van der Waals surface area contributed by atoms with E-state index in [0.29, 0.717) is 93.9 Å². The number of ketones is 1. The summed E-state index contributed by atoms with van der Waals surface area (Å²) >= 11 is 26.1. The average molecular weight is 1110 g/mol. The molecule has 0 saturated heterocycles. The first-order valence-corrected chi connectivity index (χ1v) is 27.8. The van der Waals surface area contributed by atoms with Crippen molar-refractivity contribution in [3.63, 3.8) is 0 Å². The van der Waals surface area contributed by atoms with Crippen molar-refractivity contribution in [1.82, 2.24) is 25.1 Å². The maximum atomic E-state index is 12.3. The largest absolute Gasteiger partial charge is 0.379 e. The Labute approximate surface area is 467 Å². The lowest BCUT2D eigenvalue weighted by Crippen LogP contribution is -2.31. The van der Waals surface area contributed by atoms with Gasteiger partial charge in [-0.15, -0.1) is 0 Å². The number of hydrogen-bond acceptors (Lipinski definition) is 11. The molecular formula is C60H68Cl4N6O6. The summed E-state index contributed by atoms with van der Waals surface area (Å²) in [5.74, 6) is 0.988. The molecule has 4 heterocycles. The number of halogens is 4. The van der Waals surface area contributed by atoms with Crippen LogP contribution < -0.4 is 10.6 Å². The first-order valence-electron chi connectivity index (χ1n) is 26.2. The highest BCUT2D eigenvalue weighted by molar-refractivity contribution is 6.35. The lowest BCUT2D eigenvalue weighted by molar-refractivity contribution is -0.125. The highest BCUT2D eigenvalue weighted by Crippen LogP contribution is 2.41. The predicted molar refractivity (Wildman–Crippen MR) is 305 cm³/mol. The SMILES string of the molecule is CN1Cc2c(Cl)cc(Cl)cc2[C@H](c2cccc(-c3ccc(CCCOCCOCCNC(=O)CCC(=O)CCCOCCOCCNc4ccc(-c5cccc([C@@H]6CN(C)Cc7c(Cl)cc(Cl)cc76)c5)cn4)nc3)c2)C1. The highest BCUT2D eigenvalue weighted by Gasteiger charge is 2.29. The van der Waals surface area contributed by atoms with Crippen LogP contribution in [0, 0.1) is 0 Å². The Kier molecular flexibility index (Phi) is 21.9. The first-order chi connectivity index (χ1) is 37.0. The van der Waals surface area contributed by atoms with Gasteiger partial charge in [-0.2, -0.15) is 0 Å². The maximum absolute atomic E-state index is 12.3. The summed E-state index contributed by atoms with van der Waals surface area (Å²) in [7, 11) is 4.24. The van der Waals surface area contributed by atoms with Crippen LogP contribution in [0.15, 0.2) is 109 Å². The standard InChI is InChI=1S/C60H68Cl4N6O6/c1-69-37-53(51-31-47(61)33-57(63)55(51)39-69)43-9-3-7-41(29-43)45-13-15-49(67-35-45)11-5-21-73-25-28-76-24-20-66-60(72)18-16-50(71)12-6-22-74-26-27-75-23-19-65-59-17-14-46(36-68-59)42-8-4-10-44(30-42)54-38-70(2)40-56-52(54)32-48(62)34-58(56)64/h3-4,7-10,13-15,17,29-36,53-54H,5-6,11-12,16,18-28,37-40H2,1-2H3,(H,65,68)(H,66,72)/t53-,54-/m0/s1. The highest BCUT2D eigenvalue weighted by atomic mass is 35.5. The van der Waals surface area contributed by atoms with Crippen LogP contribution in [0.4, 0.5) is 5.82 Å². The fourth-order valence-corrected chi connectivity index (χ4v) is 11.0. The lowest BCUT2D eigenvalue weighted by atomic mass is 9.84. The van der Waals surface area contributed by atoms with Crippen LogP contribution in [0.2, 0.25) is 20.1 Å². The van der Waals surface area contributed by atoms with Crippen LogP contribution in [-0.2, 0) is 48.0 Å². The van der Waals surface area contributed by atoms with E-state index in [4.69, 9.17) is 70.3 Å². The van der Waals surface area contributed by atoms with Gasteiger partial charge in [0.2, 0.25) is 5.91 Å². The second-order valence-electron chi connectivity index (χ2n) is 19.6. The minimum Gasteiger partial charge on any atom is -0.379 e. The van der Waals surface area contributed by atoms with E-state index in [-0.39, 0.29) is 36.4 Å². The molecule has 402 valence electrons. The molecule has 0 aliphatic carbocycles. The third kappa shape index (κ3) is 16.8. The molecule has 4 aromatic carbocycles. The number of nitrogens with zero attached hydrogens (tertiary/aromatic N) is 4. The van der Waals surface area contributed by atoms with Gasteiger partial charge in [0.15, 0.2) is 0 Å². The van der Waals surface area contributed by atoms with E-state index in [0.717, 1.165) is 88.9 Å². The van der Waals surface area contributed by atoms with E-state index in [1.165, 1.54) is 22.3 Å². The predicted octanol–water partition coefficient (Wildman–Crippen LogP) is 11.9. The van der Waals surface area contributed by atoms with Gasteiger partial charge < -0.3 is 39.4 Å². The third-order valence-electron chi connectivity index (χ3n) is 13.8. The van der Waals surface area contributed by atoms with Crippen molar-refractivity contribution in [3.8, 4) is 22.3 Å². The van der Waals surface area contributed by atoms with Gasteiger partial charge in [-0.05, 0) is 120 Å². The number of fused-ring (bicyclic) bond motifs is 2. The normalized spacial score (nSPS) is 15.6. The molecule has 2 N–H and O–H groups in total. The second kappa shape index (κ2) is 29.1. The molecule has 1 amide bonds. The first kappa shape index (κ1) is 57.2. The molecule has 0 saturated carbocycles. The molecule has 2 aliphatic heterocycles. The Morgan fingerprint density at radius 2 is 1.11 bits per heavy atom. The molecule has 2 aromatic heterocycles. The summed E-state index contributed by atoms with van der Waals surface area (Å²) in [4.78, 5) is 38.6. The zero-order chi connectivity index (χ0) is 53.2. The molecule has 8 rings (SSSR count). The van der Waals surface area contributed by atoms with Gasteiger partial charge in [-0.1, -0.05) is 101 Å². The number of pyridine rings is 2. The number of aryl methyl sites for hydroxylation is 1. The van der Waals surface area contributed by atoms with Crippen molar-refractivity contribution in [3.05, 3.63) is 169 Å². The number of Topliss-reactive ketones (excluding diaryl/α,β-unsaturated/α-hetero) is 1. The maximum Gasteiger partial charge on any atom is 0.220 e. The van der Waals surface area contributed by atoms with Gasteiger partial charge in [-0.25, -0.2) is 4.98 Å². The molecule has 6 aromatic rings. The fraction of sp³-hybridized carbons (Fsp3) is 0.400. The van der Waals surface area contributed by atoms with Gasteiger partial charge >= 0.3 is 0 Å². The number of benzene rings is 4. The number of likely N-dealkylation sites (N-methyl/N-ethyl adjacent to an activating group) is 2. The van der Waals surface area contributed by atoms with Crippen LogP contribution in [0.3, 0.4) is 0 Å². The van der Waals surface area contributed by atoms with Crippen molar-refractivity contribution in [1.29, 1.82) is 0 Å². The van der Waals surface area contributed by atoms with Crippen LogP contribution >= 0.6 is 46.4 Å². The van der Waals surface area contributed by atoms with Crippen molar-refractivity contribution in [2.45, 2.75) is 63.5 Å². The summed E-state index contributed by atoms with van der Waals surface area (Å²) < 4.78 is 22.7. The topological polar surface area (TPSA) is 127 Å². The number of ether oxygens (including phenoxy) is 4. The van der Waals surface area contributed by atoms with E-state index in [2.05, 4.69) is 118 Å². The van der Waals surface area contributed by atoms with E-state index in [1.807, 2.05) is 30.6 Å². The van der Waals surface area contributed by atoms with E-state index < -0.39 is 0 Å². The number of rotatable bonds is 28. The van der Waals surface area contributed by atoms with Gasteiger partial charge in [0.05, 0.1) is 39.6 Å². The number of nitrogens with one attached hydrogen (secondary N) is 2. The number of amides is 1. The van der Waals surface area contributed by atoms with Crippen molar-refractivity contribution >= 4 is 63.9 Å². The molecule has 16 heteroatoms. The second-order valence-corrected chi connectivity index (χ2v) is 21.3. The fourth-order valence-electron chi connectivity index (χ4n) is 9.89. The zero-order valence-corrected chi connectivity index (χ0v) is 46.5. The minimum atomic E-state index is -0.164. The number of hydrogen-bond donors (Lipinski definition) is 2. The number of aromatic nitrogens is 2. The Balaban J connectivity index is 0.597. The molecular weight excluding hydrogens is 1040 g/mol. The summed E-state index contributed by atoms with van der Waals surface area (Å²) in [5, 5.41) is 8.88. The van der Waals surface area contributed by atoms with Gasteiger partial charge in [0, 0.05) is 133 Å². The van der Waals surface area contributed by atoms with Gasteiger partial charge in [0.1, 0.15) is 11.6 Å². The average Bonchev–Trinajstić information content (AvgIpc) is 3.42. The third-order valence-corrected chi connectivity index (χ3v) is 14.9. The number of anilines is 1. The van der Waals surface area contributed by atoms with Gasteiger partial charge in [-0.3, -0.25) is 14.6 Å². The van der Waals surface area contributed by atoms with E-state index in [1.54, 1.807) is 0 Å². The van der Waals surface area contributed by atoms with Crippen molar-refractivity contribution in [2.24, 2.45) is 0 Å². The molecule has 0 unspecified atom stereocenters. The zero-order valence-electron chi connectivity index (χ0n) is 43.4. The van der Waals surface area contributed by atoms with Crippen molar-refractivity contribution in [2.75, 3.05) is 98.4 Å². The Morgan fingerprint density at radius 1 is 0.566 bits per heavy atom. The van der Waals surface area contributed by atoms with E-state index >= 15 is 0 Å². The van der Waals surface area contributed by atoms with Crippen molar-refractivity contribution < 1.29 is 28.5 Å². The van der Waals surface area contributed by atoms with Crippen LogP contribution in [0.1, 0.15) is 83.0 Å². The quantitative estimate of drug-likeness (QED) is 0.0456. The van der Waals surface area contributed by atoms with Crippen LogP contribution in [-0.4, -0.2) is 125 Å². The van der Waals surface area contributed by atoms with Crippen LogP contribution in [0.25, 0.3) is 22.3 Å². The summed E-state index contributed by atoms with van der Waals surface area (Å²) in [6.07, 6.45) is 6.81. The van der Waals surface area contributed by atoms with Crippen LogP contribution in [0.5, 0.6) is 0 Å². The monoisotopic (exact) mass is 1110 g/mol. The Hall–Kier alpha value is -4.96. The summed E-state index contributed by atoms with van der Waals surface area (Å²) in [6, 6.07) is 33.3. The Bertz CT molecular complexity index is 2660. The molecule has 2 atom stereocenters. The van der Waals surface area contributed by atoms with E-state index in [9.17, 15) is 9.59 Å². The molecule has 0 radical (unpaired) electrons. The molecule has 76 heavy (non-hydrogen) atoms. The number of carbonyl (C=O) groups is 2. The Morgan fingerprint density at radius 3 is 1.66 bits per heavy atom. The molecule has 0 spiro atoms. The molecule has 12 nitrogen and oxygen atoms in total. The van der Waals surface area contributed by atoms with Gasteiger partial charge in [0.25, 0.3) is 0 Å². The summed E-state index contributed by atoms with van der Waals surface area (Å²) in [6.45, 7) is 8.08. The minimum absolute atomic E-state index is 0.0433. The molecule has 0 fully saturated rings. The number of carbonyl (C=O) groups excluding carboxylic acids is 2. The smallest absolute Gasteiger partial charge is 0.220 e. The summed E-state index contributed by atoms with van der Waals surface area (Å²) in [5.41, 5.74) is 12.4.